The van der Waals surface area contributed by atoms with Crippen LogP contribution in [0.15, 0.2) is 24.4 Å². The Balaban J connectivity index is 1.81. The summed E-state index contributed by atoms with van der Waals surface area (Å²) in [6.07, 6.45) is 2.85. The van der Waals surface area contributed by atoms with Gasteiger partial charge in [0.15, 0.2) is 0 Å². The molecular formula is C11H12N2OS. The van der Waals surface area contributed by atoms with E-state index in [1.54, 1.807) is 12.3 Å². The van der Waals surface area contributed by atoms with Gasteiger partial charge in [0, 0.05) is 29.8 Å². The van der Waals surface area contributed by atoms with Crippen LogP contribution in [0, 0.1) is 0 Å². The molecule has 3 heterocycles. The Hall–Kier alpha value is -1.03. The second kappa shape index (κ2) is 3.52. The fraction of sp³-hybridized carbons (Fsp3) is 0.455. The van der Waals surface area contributed by atoms with Gasteiger partial charge in [-0.1, -0.05) is 6.07 Å². The maximum atomic E-state index is 12.1. The summed E-state index contributed by atoms with van der Waals surface area (Å²) in [5, 5.41) is 0.669. The van der Waals surface area contributed by atoms with Gasteiger partial charge in [0.05, 0.1) is 0 Å². The van der Waals surface area contributed by atoms with Crippen LogP contribution in [0.1, 0.15) is 16.9 Å². The number of carbonyl (C=O) groups excluding carboxylic acids is 1. The largest absolute Gasteiger partial charge is 0.332 e. The van der Waals surface area contributed by atoms with Crippen LogP contribution in [-0.4, -0.2) is 39.4 Å². The molecule has 4 heteroatoms. The van der Waals surface area contributed by atoms with Crippen molar-refractivity contribution < 1.29 is 4.79 Å². The molecular weight excluding hydrogens is 208 g/mol. The molecule has 3 rings (SSSR count). The summed E-state index contributed by atoms with van der Waals surface area (Å²) in [5.41, 5.74) is 0.579. The number of pyridine rings is 1. The second-order valence-electron chi connectivity index (χ2n) is 4.02. The number of fused-ring (bicyclic) bond motifs is 2. The summed E-state index contributed by atoms with van der Waals surface area (Å²) in [6.45, 7) is 0.907. The van der Waals surface area contributed by atoms with Crippen molar-refractivity contribution in [3.05, 3.63) is 30.1 Å². The van der Waals surface area contributed by atoms with Gasteiger partial charge < -0.3 is 4.90 Å². The highest BCUT2D eigenvalue weighted by atomic mass is 32.2. The Morgan fingerprint density at radius 3 is 3.07 bits per heavy atom. The molecule has 0 aliphatic carbocycles. The van der Waals surface area contributed by atoms with Gasteiger partial charge in [-0.05, 0) is 18.6 Å². The number of carbonyl (C=O) groups is 1. The van der Waals surface area contributed by atoms with Crippen molar-refractivity contribution in [2.45, 2.75) is 17.7 Å². The lowest BCUT2D eigenvalue weighted by Gasteiger charge is -2.26. The highest BCUT2D eigenvalue weighted by Gasteiger charge is 2.41. The molecule has 1 aromatic heterocycles. The van der Waals surface area contributed by atoms with Gasteiger partial charge in [-0.3, -0.25) is 9.78 Å². The minimum atomic E-state index is 0.100. The minimum absolute atomic E-state index is 0.100. The van der Waals surface area contributed by atoms with Crippen LogP contribution >= 0.6 is 11.8 Å². The molecule has 0 saturated carbocycles. The van der Waals surface area contributed by atoms with E-state index in [2.05, 4.69) is 4.98 Å². The maximum absolute atomic E-state index is 12.1. The molecule has 0 aromatic carbocycles. The van der Waals surface area contributed by atoms with E-state index in [-0.39, 0.29) is 5.91 Å². The van der Waals surface area contributed by atoms with Crippen molar-refractivity contribution in [1.29, 1.82) is 0 Å². The van der Waals surface area contributed by atoms with E-state index in [4.69, 9.17) is 0 Å². The van der Waals surface area contributed by atoms with Gasteiger partial charge >= 0.3 is 0 Å². The normalized spacial score (nSPS) is 28.4. The zero-order valence-electron chi connectivity index (χ0n) is 8.30. The van der Waals surface area contributed by atoms with Crippen LogP contribution in [-0.2, 0) is 0 Å². The zero-order chi connectivity index (χ0) is 10.3. The minimum Gasteiger partial charge on any atom is -0.332 e. The van der Waals surface area contributed by atoms with Gasteiger partial charge in [-0.25, -0.2) is 0 Å². The fourth-order valence-electron chi connectivity index (χ4n) is 2.28. The summed E-state index contributed by atoms with van der Waals surface area (Å²) in [4.78, 5) is 18.2. The van der Waals surface area contributed by atoms with Crippen LogP contribution < -0.4 is 0 Å². The van der Waals surface area contributed by atoms with Gasteiger partial charge in [0.1, 0.15) is 5.69 Å². The van der Waals surface area contributed by atoms with Crippen molar-refractivity contribution >= 4 is 17.7 Å². The summed E-state index contributed by atoms with van der Waals surface area (Å²) in [7, 11) is 0. The van der Waals surface area contributed by atoms with Crippen LogP contribution in [0.4, 0.5) is 0 Å². The van der Waals surface area contributed by atoms with E-state index in [9.17, 15) is 4.79 Å². The number of amides is 1. The highest BCUT2D eigenvalue weighted by Crippen LogP contribution is 2.37. The third kappa shape index (κ3) is 1.53. The monoisotopic (exact) mass is 220 g/mol. The molecule has 2 atom stereocenters. The lowest BCUT2D eigenvalue weighted by atomic mass is 10.2. The fourth-order valence-corrected chi connectivity index (χ4v) is 3.72. The van der Waals surface area contributed by atoms with E-state index < -0.39 is 0 Å². The summed E-state index contributed by atoms with van der Waals surface area (Å²) >= 11 is 1.99. The standard InChI is InChI=1S/C11H12N2OS/c14-11(10-3-1-2-4-12-10)13-6-9-5-8(13)7-15-9/h1-4,8-9H,5-7H2. The SMILES string of the molecule is O=C(c1ccccn1)N1CC2CC1CS2. The molecule has 0 spiro atoms. The number of likely N-dealkylation sites (tertiary alicyclic amines) is 1. The van der Waals surface area contributed by atoms with E-state index in [1.807, 2.05) is 28.8 Å². The molecule has 0 radical (unpaired) electrons. The third-order valence-corrected chi connectivity index (χ3v) is 4.44. The Labute approximate surface area is 92.9 Å². The number of hydrogen-bond acceptors (Lipinski definition) is 3. The van der Waals surface area contributed by atoms with Crippen LogP contribution in [0.2, 0.25) is 0 Å². The second-order valence-corrected chi connectivity index (χ2v) is 5.35. The smallest absolute Gasteiger partial charge is 0.272 e. The maximum Gasteiger partial charge on any atom is 0.272 e. The first-order chi connectivity index (χ1) is 7.34. The van der Waals surface area contributed by atoms with Gasteiger partial charge in [-0.2, -0.15) is 11.8 Å². The molecule has 78 valence electrons. The molecule has 1 aromatic rings. The molecule has 2 bridgehead atoms. The van der Waals surface area contributed by atoms with Crippen molar-refractivity contribution in [1.82, 2.24) is 9.88 Å². The molecule has 2 aliphatic rings. The van der Waals surface area contributed by atoms with Crippen molar-refractivity contribution in [2.75, 3.05) is 12.3 Å². The molecule has 3 nitrogen and oxygen atoms in total. The average Bonchev–Trinajstić information content (AvgIpc) is 2.91. The van der Waals surface area contributed by atoms with Crippen molar-refractivity contribution in [3.8, 4) is 0 Å². The molecule has 0 N–H and O–H groups in total. The number of thioether (sulfide) groups is 1. The lowest BCUT2D eigenvalue weighted by Crippen LogP contribution is -2.39. The number of aromatic nitrogens is 1. The Bertz CT molecular complexity index is 381. The Kier molecular flexibility index (Phi) is 2.16. The summed E-state index contributed by atoms with van der Waals surface area (Å²) in [5.74, 6) is 1.20. The van der Waals surface area contributed by atoms with E-state index in [0.29, 0.717) is 17.0 Å². The van der Waals surface area contributed by atoms with Crippen LogP contribution in [0.5, 0.6) is 0 Å². The predicted octanol–water partition coefficient (Wildman–Crippen LogP) is 1.41. The summed E-state index contributed by atoms with van der Waals surface area (Å²) in [6, 6.07) is 5.95. The predicted molar refractivity (Wildman–Crippen MR) is 59.9 cm³/mol. The zero-order valence-corrected chi connectivity index (χ0v) is 9.11. The summed E-state index contributed by atoms with van der Waals surface area (Å²) < 4.78 is 0. The molecule has 2 aliphatic heterocycles. The lowest BCUT2D eigenvalue weighted by molar-refractivity contribution is 0.0741. The first-order valence-corrected chi connectivity index (χ1v) is 6.23. The highest BCUT2D eigenvalue weighted by molar-refractivity contribution is 8.00. The third-order valence-electron chi connectivity index (χ3n) is 3.05. The number of nitrogens with zero attached hydrogens (tertiary/aromatic N) is 2. The average molecular weight is 220 g/mol. The number of rotatable bonds is 1. The van der Waals surface area contributed by atoms with Crippen LogP contribution in [0.3, 0.4) is 0 Å². The molecule has 15 heavy (non-hydrogen) atoms. The first kappa shape index (κ1) is 9.21. The van der Waals surface area contributed by atoms with E-state index in [0.717, 1.165) is 12.3 Å². The van der Waals surface area contributed by atoms with Gasteiger partial charge in [0.25, 0.3) is 5.91 Å². The first-order valence-electron chi connectivity index (χ1n) is 5.18. The van der Waals surface area contributed by atoms with Gasteiger partial charge in [0.2, 0.25) is 0 Å². The molecule has 2 fully saturated rings. The van der Waals surface area contributed by atoms with Gasteiger partial charge in [-0.15, -0.1) is 0 Å². The molecule has 2 saturated heterocycles. The van der Waals surface area contributed by atoms with Crippen LogP contribution in [0.25, 0.3) is 0 Å². The molecule has 1 amide bonds. The quantitative estimate of drug-likeness (QED) is 0.717. The number of hydrogen-bond donors (Lipinski definition) is 0. The Morgan fingerprint density at radius 2 is 2.47 bits per heavy atom. The topological polar surface area (TPSA) is 33.2 Å². The Morgan fingerprint density at radius 1 is 1.53 bits per heavy atom. The van der Waals surface area contributed by atoms with E-state index in [1.165, 1.54) is 6.42 Å². The van der Waals surface area contributed by atoms with E-state index >= 15 is 0 Å². The molecule has 2 unspecified atom stereocenters. The van der Waals surface area contributed by atoms with Crippen molar-refractivity contribution in [2.24, 2.45) is 0 Å². The van der Waals surface area contributed by atoms with Crippen molar-refractivity contribution in [3.63, 3.8) is 0 Å².